The second kappa shape index (κ2) is 12.1. The number of piperidine rings is 1. The Morgan fingerprint density at radius 1 is 1.07 bits per heavy atom. The highest BCUT2D eigenvalue weighted by Crippen LogP contribution is 2.33. The third-order valence-electron chi connectivity index (χ3n) is 7.70. The number of hydrogen-bond acceptors (Lipinski definition) is 5. The summed E-state index contributed by atoms with van der Waals surface area (Å²) in [6, 6.07) is 19.0. The number of aromatic nitrogens is 1. The third-order valence-corrected chi connectivity index (χ3v) is 8.29. The van der Waals surface area contributed by atoms with E-state index >= 15 is 0 Å². The number of rotatable bonds is 9. The Hall–Kier alpha value is -3.26. The fraction of sp³-hybridized carbons (Fsp3) is 0.438. The van der Waals surface area contributed by atoms with Crippen LogP contribution >= 0.6 is 0 Å². The molecule has 2 heterocycles. The molecule has 0 saturated carbocycles. The lowest BCUT2D eigenvalue weighted by Crippen LogP contribution is -2.35. The second-order valence-electron chi connectivity index (χ2n) is 11.9. The molecule has 1 aliphatic heterocycles. The number of pyridine rings is 1. The average Bonchev–Trinajstić information content (AvgIpc) is 2.91. The van der Waals surface area contributed by atoms with Crippen molar-refractivity contribution in [3.63, 3.8) is 0 Å². The molecule has 1 unspecified atom stereocenters. The van der Waals surface area contributed by atoms with Crippen molar-refractivity contribution in [3.8, 4) is 0 Å². The van der Waals surface area contributed by atoms with Gasteiger partial charge in [0.2, 0.25) is 10.0 Å². The van der Waals surface area contributed by atoms with Gasteiger partial charge in [-0.15, -0.1) is 0 Å². The summed E-state index contributed by atoms with van der Waals surface area (Å²) in [7, 11) is -3.60. The Labute approximate surface area is 238 Å². The maximum absolute atomic E-state index is 14.5. The standard InChI is InChI=1S/C32H40FN3O3S/c1-22(26-11-14-28(27(33)21-26)35-40(5,38)39)29(37)15-12-25-13-16-30(32(2,3)4)34-31(25)36-19-17-24(18-20-36)23-9-7-6-8-10-23/h6-11,13-14,16,21-22,24,35H,12,15,17-20H2,1-5H3. The molecule has 4 rings (SSSR count). The number of aryl methyl sites for hydroxylation is 1. The predicted octanol–water partition coefficient (Wildman–Crippen LogP) is 6.58. The molecule has 0 aliphatic carbocycles. The van der Waals surface area contributed by atoms with Crippen molar-refractivity contribution in [3.05, 3.63) is 88.9 Å². The van der Waals surface area contributed by atoms with Crippen LogP contribution in [-0.2, 0) is 26.7 Å². The Balaban J connectivity index is 1.48. The van der Waals surface area contributed by atoms with Gasteiger partial charge in [-0.1, -0.05) is 70.2 Å². The van der Waals surface area contributed by atoms with Crippen LogP contribution in [0.3, 0.4) is 0 Å². The molecule has 1 saturated heterocycles. The van der Waals surface area contributed by atoms with E-state index in [2.05, 4.69) is 72.9 Å². The number of nitrogens with zero attached hydrogens (tertiary/aromatic N) is 2. The lowest BCUT2D eigenvalue weighted by molar-refractivity contribution is -0.120. The van der Waals surface area contributed by atoms with Crippen LogP contribution in [0.25, 0.3) is 0 Å². The van der Waals surface area contributed by atoms with E-state index in [4.69, 9.17) is 4.98 Å². The molecule has 214 valence electrons. The predicted molar refractivity (Wildman–Crippen MR) is 160 cm³/mol. The first-order valence-electron chi connectivity index (χ1n) is 13.9. The number of carbonyl (C=O) groups excluding carboxylic acids is 1. The highest BCUT2D eigenvalue weighted by atomic mass is 32.2. The van der Waals surface area contributed by atoms with Crippen molar-refractivity contribution >= 4 is 27.3 Å². The van der Waals surface area contributed by atoms with Gasteiger partial charge in [-0.05, 0) is 60.1 Å². The van der Waals surface area contributed by atoms with Gasteiger partial charge in [-0.3, -0.25) is 9.52 Å². The molecule has 0 spiro atoms. The Bertz CT molecular complexity index is 1440. The van der Waals surface area contributed by atoms with Gasteiger partial charge in [0.05, 0.1) is 11.9 Å². The number of ketones is 1. The van der Waals surface area contributed by atoms with Crippen molar-refractivity contribution < 1.29 is 17.6 Å². The van der Waals surface area contributed by atoms with Gasteiger partial charge >= 0.3 is 0 Å². The van der Waals surface area contributed by atoms with Crippen LogP contribution in [0, 0.1) is 5.82 Å². The fourth-order valence-electron chi connectivity index (χ4n) is 5.26. The zero-order valence-electron chi connectivity index (χ0n) is 24.1. The van der Waals surface area contributed by atoms with Gasteiger partial charge < -0.3 is 4.90 Å². The van der Waals surface area contributed by atoms with Crippen LogP contribution in [0.5, 0.6) is 0 Å². The van der Waals surface area contributed by atoms with Crippen molar-refractivity contribution in [2.45, 2.75) is 70.6 Å². The minimum Gasteiger partial charge on any atom is -0.356 e. The van der Waals surface area contributed by atoms with Gasteiger partial charge in [0.15, 0.2) is 0 Å². The molecule has 1 aromatic heterocycles. The molecule has 3 aromatic rings. The number of anilines is 2. The smallest absolute Gasteiger partial charge is 0.229 e. The SMILES string of the molecule is CC(C(=O)CCc1ccc(C(C)(C)C)nc1N1CCC(c2ccccc2)CC1)c1ccc(NS(C)(=O)=O)c(F)c1. The summed E-state index contributed by atoms with van der Waals surface area (Å²) < 4.78 is 39.6. The molecule has 0 radical (unpaired) electrons. The molecule has 0 amide bonds. The first-order valence-corrected chi connectivity index (χ1v) is 15.8. The summed E-state index contributed by atoms with van der Waals surface area (Å²) in [4.78, 5) is 20.7. The fourth-order valence-corrected chi connectivity index (χ4v) is 5.82. The summed E-state index contributed by atoms with van der Waals surface area (Å²) in [5.74, 6) is 0.270. The average molecular weight is 566 g/mol. The van der Waals surface area contributed by atoms with E-state index in [1.54, 1.807) is 13.0 Å². The Kier molecular flexibility index (Phi) is 8.98. The second-order valence-corrected chi connectivity index (χ2v) is 13.7. The van der Waals surface area contributed by atoms with E-state index in [1.165, 1.54) is 17.7 Å². The lowest BCUT2D eigenvalue weighted by Gasteiger charge is -2.35. The van der Waals surface area contributed by atoms with Crippen molar-refractivity contribution in [2.24, 2.45) is 0 Å². The number of carbonyl (C=O) groups is 1. The molecule has 6 nitrogen and oxygen atoms in total. The molecule has 40 heavy (non-hydrogen) atoms. The van der Waals surface area contributed by atoms with Gasteiger partial charge in [-0.2, -0.15) is 0 Å². The minimum atomic E-state index is -3.60. The highest BCUT2D eigenvalue weighted by molar-refractivity contribution is 7.92. The van der Waals surface area contributed by atoms with Crippen molar-refractivity contribution in [1.82, 2.24) is 4.98 Å². The maximum Gasteiger partial charge on any atom is 0.229 e. The summed E-state index contributed by atoms with van der Waals surface area (Å²) in [5, 5.41) is 0. The quantitative estimate of drug-likeness (QED) is 0.317. The maximum atomic E-state index is 14.5. The lowest BCUT2D eigenvalue weighted by atomic mass is 9.88. The van der Waals surface area contributed by atoms with Crippen LogP contribution in [0.15, 0.2) is 60.7 Å². The molecule has 2 aromatic carbocycles. The van der Waals surface area contributed by atoms with Crippen LogP contribution in [0.4, 0.5) is 15.9 Å². The Morgan fingerprint density at radius 3 is 2.35 bits per heavy atom. The number of hydrogen-bond donors (Lipinski definition) is 1. The van der Waals surface area contributed by atoms with E-state index in [-0.39, 0.29) is 16.9 Å². The third kappa shape index (κ3) is 7.47. The summed E-state index contributed by atoms with van der Waals surface area (Å²) in [6.45, 7) is 10.0. The molecule has 1 aliphatic rings. The van der Waals surface area contributed by atoms with Gasteiger partial charge in [0.1, 0.15) is 17.4 Å². The highest BCUT2D eigenvalue weighted by Gasteiger charge is 2.26. The van der Waals surface area contributed by atoms with E-state index in [1.807, 2.05) is 0 Å². The van der Waals surface area contributed by atoms with Gasteiger partial charge in [0, 0.05) is 36.5 Å². The number of Topliss-reactive ketones (excluding diaryl/α,β-unsaturated/α-hetero) is 1. The normalized spacial score (nSPS) is 15.6. The largest absolute Gasteiger partial charge is 0.356 e. The van der Waals surface area contributed by atoms with Crippen LogP contribution < -0.4 is 9.62 Å². The zero-order valence-corrected chi connectivity index (χ0v) is 24.9. The van der Waals surface area contributed by atoms with E-state index in [0.717, 1.165) is 49.3 Å². The van der Waals surface area contributed by atoms with Crippen molar-refractivity contribution in [2.75, 3.05) is 29.0 Å². The van der Waals surface area contributed by atoms with Crippen LogP contribution in [0.2, 0.25) is 0 Å². The minimum absolute atomic E-state index is 0.00291. The first kappa shape index (κ1) is 29.7. The molecular weight excluding hydrogens is 525 g/mol. The first-order chi connectivity index (χ1) is 18.8. The van der Waals surface area contributed by atoms with E-state index in [0.29, 0.717) is 24.3 Å². The Morgan fingerprint density at radius 2 is 1.75 bits per heavy atom. The monoisotopic (exact) mass is 565 g/mol. The van der Waals surface area contributed by atoms with E-state index in [9.17, 15) is 17.6 Å². The summed E-state index contributed by atoms with van der Waals surface area (Å²) >= 11 is 0. The van der Waals surface area contributed by atoms with Gasteiger partial charge in [-0.25, -0.2) is 17.8 Å². The molecule has 1 N–H and O–H groups in total. The number of sulfonamides is 1. The number of benzene rings is 2. The molecule has 1 fully saturated rings. The van der Waals surface area contributed by atoms with Crippen LogP contribution in [-0.4, -0.2) is 38.5 Å². The zero-order chi connectivity index (χ0) is 29.1. The molecule has 1 atom stereocenters. The van der Waals surface area contributed by atoms with Gasteiger partial charge in [0.25, 0.3) is 0 Å². The van der Waals surface area contributed by atoms with Crippen molar-refractivity contribution in [1.29, 1.82) is 0 Å². The molecule has 8 heteroatoms. The summed E-state index contributed by atoms with van der Waals surface area (Å²) in [5.41, 5.74) is 3.75. The number of halogens is 1. The molecular formula is C32H40FN3O3S. The number of nitrogens with one attached hydrogen (secondary N) is 1. The topological polar surface area (TPSA) is 79.4 Å². The molecule has 0 bridgehead atoms. The van der Waals surface area contributed by atoms with E-state index < -0.39 is 21.8 Å². The summed E-state index contributed by atoms with van der Waals surface area (Å²) in [6.07, 6.45) is 3.92. The van der Waals surface area contributed by atoms with Crippen LogP contribution in [0.1, 0.15) is 81.2 Å².